The van der Waals surface area contributed by atoms with Crippen LogP contribution in [0.2, 0.25) is 0 Å². The van der Waals surface area contributed by atoms with Crippen LogP contribution < -0.4 is 5.32 Å². The van der Waals surface area contributed by atoms with E-state index >= 15 is 0 Å². The fraction of sp³-hybridized carbons (Fsp3) is 0.667. The number of methoxy groups -OCH3 is 1. The largest absolute Gasteiger partial charge is 0.469 e. The Labute approximate surface area is 209 Å². The van der Waals surface area contributed by atoms with Crippen molar-refractivity contribution in [2.45, 2.75) is 53.0 Å². The van der Waals surface area contributed by atoms with E-state index in [9.17, 15) is 4.79 Å². The quantitative estimate of drug-likeness (QED) is 0.251. The molecule has 0 amide bonds. The number of esters is 1. The number of nitrogens with zero attached hydrogens (tertiary/aromatic N) is 3. The number of ether oxygens (including phenoxy) is 2. The van der Waals surface area contributed by atoms with E-state index in [-0.39, 0.29) is 54.0 Å². The Morgan fingerprint density at radius 1 is 1.09 bits per heavy atom. The molecule has 180 valence electrons. The maximum atomic E-state index is 12.0. The molecule has 8 heteroatoms. The first kappa shape index (κ1) is 26.9. The molecule has 0 bridgehead atoms. The third-order valence-electron chi connectivity index (χ3n) is 6.09. The third-order valence-corrected chi connectivity index (χ3v) is 6.09. The van der Waals surface area contributed by atoms with Gasteiger partial charge in [0, 0.05) is 39.3 Å². The maximum absolute atomic E-state index is 12.0. The van der Waals surface area contributed by atoms with Gasteiger partial charge >= 0.3 is 5.97 Å². The van der Waals surface area contributed by atoms with E-state index in [2.05, 4.69) is 67.1 Å². The molecule has 4 atom stereocenters. The molecule has 0 spiro atoms. The lowest BCUT2D eigenvalue weighted by Crippen LogP contribution is -2.44. The average molecular weight is 559 g/mol. The van der Waals surface area contributed by atoms with Gasteiger partial charge in [0.15, 0.2) is 5.96 Å². The molecule has 2 aliphatic rings. The minimum atomic E-state index is -0.134. The Bertz CT molecular complexity index is 748. The molecule has 1 N–H and O–H groups in total. The molecule has 2 aliphatic heterocycles. The highest BCUT2D eigenvalue weighted by molar-refractivity contribution is 14.0. The van der Waals surface area contributed by atoms with Gasteiger partial charge in [0.05, 0.1) is 31.8 Å². The number of benzene rings is 1. The minimum absolute atomic E-state index is 0. The molecule has 1 aromatic rings. The summed E-state index contributed by atoms with van der Waals surface area (Å²) in [6.45, 7) is 14.2. The molecule has 2 heterocycles. The number of nitrogens with one attached hydrogen (secondary N) is 1. The van der Waals surface area contributed by atoms with Crippen LogP contribution in [-0.2, 0) is 27.4 Å². The molecular formula is C24H39IN4O3. The van der Waals surface area contributed by atoms with E-state index in [1.165, 1.54) is 18.2 Å². The summed E-state index contributed by atoms with van der Waals surface area (Å²) in [6.07, 6.45) is 0.572. The van der Waals surface area contributed by atoms with Crippen molar-refractivity contribution in [2.24, 2.45) is 16.8 Å². The average Bonchev–Trinajstić information content (AvgIpc) is 3.12. The summed E-state index contributed by atoms with van der Waals surface area (Å²) in [6, 6.07) is 8.74. The van der Waals surface area contributed by atoms with Gasteiger partial charge in [-0.15, -0.1) is 24.0 Å². The highest BCUT2D eigenvalue weighted by atomic mass is 127. The van der Waals surface area contributed by atoms with Crippen LogP contribution >= 0.6 is 24.0 Å². The molecule has 7 nitrogen and oxygen atoms in total. The van der Waals surface area contributed by atoms with Crippen LogP contribution in [0.5, 0.6) is 0 Å². The van der Waals surface area contributed by atoms with Gasteiger partial charge in [0.25, 0.3) is 0 Å². The Morgan fingerprint density at radius 2 is 1.72 bits per heavy atom. The van der Waals surface area contributed by atoms with Crippen molar-refractivity contribution in [3.8, 4) is 0 Å². The number of rotatable bonds is 6. The SMILES string of the molecule is CCNC(=NCc1ccc(CN2CC(C)OC(C)C2)cc1)N1CC(C)C(C(=O)OC)C1.I. The number of hydrogen-bond acceptors (Lipinski definition) is 5. The Hall–Kier alpha value is -1.39. The highest BCUT2D eigenvalue weighted by Gasteiger charge is 2.36. The monoisotopic (exact) mass is 558 g/mol. The molecule has 0 aromatic heterocycles. The molecule has 2 saturated heterocycles. The second kappa shape index (κ2) is 12.7. The second-order valence-corrected chi connectivity index (χ2v) is 8.95. The number of aliphatic imine (C=N–C) groups is 1. The summed E-state index contributed by atoms with van der Waals surface area (Å²) in [5.74, 6) is 0.881. The lowest BCUT2D eigenvalue weighted by atomic mass is 9.99. The van der Waals surface area contributed by atoms with Gasteiger partial charge < -0.3 is 19.7 Å². The standard InChI is InChI=1S/C24H38N4O3.HI/c1-6-25-24(28-12-17(2)22(16-28)23(29)30-5)26-11-20-7-9-21(10-8-20)15-27-13-18(3)31-19(4)14-27;/h7-10,17-19,22H,6,11-16H2,1-5H3,(H,25,26);1H. The van der Waals surface area contributed by atoms with Gasteiger partial charge in [-0.2, -0.15) is 0 Å². The zero-order valence-electron chi connectivity index (χ0n) is 20.0. The fourth-order valence-corrected chi connectivity index (χ4v) is 4.61. The number of likely N-dealkylation sites (tertiary alicyclic amines) is 1. The highest BCUT2D eigenvalue weighted by Crippen LogP contribution is 2.24. The second-order valence-electron chi connectivity index (χ2n) is 8.95. The van der Waals surface area contributed by atoms with E-state index in [4.69, 9.17) is 14.5 Å². The molecule has 1 aromatic carbocycles. The summed E-state index contributed by atoms with van der Waals surface area (Å²) in [7, 11) is 1.46. The zero-order valence-corrected chi connectivity index (χ0v) is 22.4. The summed E-state index contributed by atoms with van der Waals surface area (Å²) in [5, 5.41) is 3.37. The normalized spacial score (nSPS) is 26.5. The zero-order chi connectivity index (χ0) is 22.4. The first-order chi connectivity index (χ1) is 14.9. The van der Waals surface area contributed by atoms with E-state index < -0.39 is 0 Å². The number of carbonyl (C=O) groups excluding carboxylic acids is 1. The van der Waals surface area contributed by atoms with Crippen LogP contribution in [0.1, 0.15) is 38.8 Å². The van der Waals surface area contributed by atoms with E-state index in [0.717, 1.165) is 38.7 Å². The van der Waals surface area contributed by atoms with Crippen LogP contribution in [0, 0.1) is 11.8 Å². The number of halogens is 1. The molecule has 4 unspecified atom stereocenters. The van der Waals surface area contributed by atoms with Crippen molar-refractivity contribution >= 4 is 35.9 Å². The van der Waals surface area contributed by atoms with Gasteiger partial charge in [0.2, 0.25) is 0 Å². The van der Waals surface area contributed by atoms with Gasteiger partial charge in [-0.3, -0.25) is 9.69 Å². The minimum Gasteiger partial charge on any atom is -0.469 e. The van der Waals surface area contributed by atoms with Crippen molar-refractivity contribution in [3.05, 3.63) is 35.4 Å². The first-order valence-corrected chi connectivity index (χ1v) is 11.5. The topological polar surface area (TPSA) is 66.4 Å². The Balaban J connectivity index is 0.00000363. The molecule has 0 saturated carbocycles. The molecule has 0 radical (unpaired) electrons. The summed E-state index contributed by atoms with van der Waals surface area (Å²) < 4.78 is 10.8. The van der Waals surface area contributed by atoms with Gasteiger partial charge in [0.1, 0.15) is 0 Å². The number of hydrogen-bond donors (Lipinski definition) is 1. The summed E-state index contributed by atoms with van der Waals surface area (Å²) in [4.78, 5) is 21.5. The first-order valence-electron chi connectivity index (χ1n) is 11.5. The van der Waals surface area contributed by atoms with Crippen molar-refractivity contribution in [1.82, 2.24) is 15.1 Å². The van der Waals surface area contributed by atoms with Crippen LogP contribution in [0.4, 0.5) is 0 Å². The number of carbonyl (C=O) groups is 1. The Morgan fingerprint density at radius 3 is 2.31 bits per heavy atom. The number of morpholine rings is 1. The van der Waals surface area contributed by atoms with E-state index in [1.54, 1.807) is 0 Å². The lowest BCUT2D eigenvalue weighted by Gasteiger charge is -2.35. The molecular weight excluding hydrogens is 519 g/mol. The predicted octanol–water partition coefficient (Wildman–Crippen LogP) is 3.12. The van der Waals surface area contributed by atoms with Crippen LogP contribution in [-0.4, -0.2) is 73.8 Å². The van der Waals surface area contributed by atoms with Crippen LogP contribution in [0.3, 0.4) is 0 Å². The predicted molar refractivity (Wildman–Crippen MR) is 138 cm³/mol. The van der Waals surface area contributed by atoms with E-state index in [0.29, 0.717) is 13.1 Å². The smallest absolute Gasteiger partial charge is 0.310 e. The summed E-state index contributed by atoms with van der Waals surface area (Å²) >= 11 is 0. The molecule has 32 heavy (non-hydrogen) atoms. The van der Waals surface area contributed by atoms with Crippen LogP contribution in [0.25, 0.3) is 0 Å². The van der Waals surface area contributed by atoms with Gasteiger partial charge in [-0.1, -0.05) is 31.2 Å². The summed E-state index contributed by atoms with van der Waals surface area (Å²) in [5.41, 5.74) is 2.50. The third kappa shape index (κ3) is 7.31. The van der Waals surface area contributed by atoms with Crippen molar-refractivity contribution < 1.29 is 14.3 Å². The maximum Gasteiger partial charge on any atom is 0.310 e. The van der Waals surface area contributed by atoms with Gasteiger partial charge in [-0.05, 0) is 37.8 Å². The molecule has 2 fully saturated rings. The number of guanidine groups is 1. The lowest BCUT2D eigenvalue weighted by molar-refractivity contribution is -0.145. The van der Waals surface area contributed by atoms with Crippen molar-refractivity contribution in [2.75, 3.05) is 39.8 Å². The van der Waals surface area contributed by atoms with Crippen molar-refractivity contribution in [1.29, 1.82) is 0 Å². The van der Waals surface area contributed by atoms with E-state index in [1.807, 2.05) is 0 Å². The van der Waals surface area contributed by atoms with Gasteiger partial charge in [-0.25, -0.2) is 4.99 Å². The Kier molecular flexibility index (Phi) is 10.7. The van der Waals surface area contributed by atoms with Crippen molar-refractivity contribution in [3.63, 3.8) is 0 Å². The molecule has 0 aliphatic carbocycles. The molecule has 3 rings (SSSR count). The van der Waals surface area contributed by atoms with Crippen LogP contribution in [0.15, 0.2) is 29.3 Å². The fourth-order valence-electron chi connectivity index (χ4n) is 4.61.